The van der Waals surface area contributed by atoms with Crippen molar-refractivity contribution in [1.29, 1.82) is 0 Å². The van der Waals surface area contributed by atoms with Crippen LogP contribution in [0.5, 0.6) is 0 Å². The van der Waals surface area contributed by atoms with Gasteiger partial charge in [0.05, 0.1) is 5.02 Å². The van der Waals surface area contributed by atoms with Gasteiger partial charge in [-0.3, -0.25) is 4.79 Å². The molecule has 1 amide bonds. The third-order valence-corrected chi connectivity index (χ3v) is 3.84. The zero-order chi connectivity index (χ0) is 18.5. The minimum Gasteiger partial charge on any atom is -0.366 e. The van der Waals surface area contributed by atoms with Crippen molar-refractivity contribution in [1.82, 2.24) is 4.98 Å². The van der Waals surface area contributed by atoms with Crippen molar-refractivity contribution in [3.8, 4) is 0 Å². The van der Waals surface area contributed by atoms with E-state index in [1.54, 1.807) is 0 Å². The number of hydrogen-bond donors (Lipinski definition) is 2. The van der Waals surface area contributed by atoms with Crippen molar-refractivity contribution in [2.75, 3.05) is 10.6 Å². The van der Waals surface area contributed by atoms with Gasteiger partial charge in [-0.05, 0) is 29.8 Å². The van der Waals surface area contributed by atoms with Crippen LogP contribution in [0.4, 0.5) is 20.3 Å². The third kappa shape index (κ3) is 4.55. The molecule has 0 saturated carbocycles. The molecular weight excluding hydrogens is 360 g/mol. The van der Waals surface area contributed by atoms with Gasteiger partial charge in [0.25, 0.3) is 5.91 Å². The minimum atomic E-state index is -0.787. The largest absolute Gasteiger partial charge is 0.366 e. The third-order valence-electron chi connectivity index (χ3n) is 3.55. The fraction of sp³-hybridized carbons (Fsp3) is 0.0526. The van der Waals surface area contributed by atoms with Crippen molar-refractivity contribution in [2.45, 2.75) is 6.54 Å². The summed E-state index contributed by atoms with van der Waals surface area (Å²) in [6.07, 6.45) is 0. The Balaban J connectivity index is 1.73. The maximum atomic E-state index is 13.8. The van der Waals surface area contributed by atoms with Gasteiger partial charge in [0.2, 0.25) is 5.95 Å². The Morgan fingerprint density at radius 2 is 1.81 bits per heavy atom. The highest BCUT2D eigenvalue weighted by Crippen LogP contribution is 2.20. The van der Waals surface area contributed by atoms with Crippen molar-refractivity contribution < 1.29 is 13.6 Å². The lowest BCUT2D eigenvalue weighted by molar-refractivity contribution is 0.102. The zero-order valence-electron chi connectivity index (χ0n) is 13.5. The zero-order valence-corrected chi connectivity index (χ0v) is 14.2. The number of rotatable bonds is 5. The highest BCUT2D eigenvalue weighted by molar-refractivity contribution is 6.31. The molecule has 0 aliphatic carbocycles. The minimum absolute atomic E-state index is 0.0773. The molecule has 26 heavy (non-hydrogen) atoms. The van der Waals surface area contributed by atoms with Crippen LogP contribution in [0.1, 0.15) is 15.9 Å². The Hall–Kier alpha value is -2.99. The summed E-state index contributed by atoms with van der Waals surface area (Å²) < 4.78 is 26.9. The number of anilines is 2. The molecule has 0 saturated heterocycles. The molecular formula is C19H14ClF2N3O. The number of hydrogen-bond acceptors (Lipinski definition) is 3. The topological polar surface area (TPSA) is 54.0 Å². The molecule has 0 aliphatic rings. The normalized spacial score (nSPS) is 10.4. The summed E-state index contributed by atoms with van der Waals surface area (Å²) in [5, 5.41) is 5.40. The van der Waals surface area contributed by atoms with E-state index in [4.69, 9.17) is 11.6 Å². The summed E-state index contributed by atoms with van der Waals surface area (Å²) in [6, 6.07) is 15.8. The molecule has 0 radical (unpaired) electrons. The predicted molar refractivity (Wildman–Crippen MR) is 97.3 cm³/mol. The van der Waals surface area contributed by atoms with Crippen LogP contribution in [0.2, 0.25) is 5.02 Å². The molecule has 1 aromatic heterocycles. The standard InChI is InChI=1S/C19H14ClF2N3O/c20-15-10-14(6-7-16(15)21)24-19(26)13-8-17(22)25-18(9-13)23-11-12-4-2-1-3-5-12/h1-10H,11H2,(H,23,25)(H,24,26). The van der Waals surface area contributed by atoms with Gasteiger partial charge in [-0.1, -0.05) is 41.9 Å². The first-order valence-electron chi connectivity index (χ1n) is 7.73. The quantitative estimate of drug-likeness (QED) is 0.627. The lowest BCUT2D eigenvalue weighted by Crippen LogP contribution is -2.14. The number of pyridine rings is 1. The fourth-order valence-electron chi connectivity index (χ4n) is 2.28. The number of halogens is 3. The van der Waals surface area contributed by atoms with Crippen LogP contribution >= 0.6 is 11.6 Å². The number of benzene rings is 2. The Kier molecular flexibility index (Phi) is 5.43. The number of carbonyl (C=O) groups excluding carboxylic acids is 1. The molecule has 3 aromatic rings. The summed E-state index contributed by atoms with van der Waals surface area (Å²) in [5.74, 6) is -1.70. The molecule has 1 heterocycles. The average Bonchev–Trinajstić information content (AvgIpc) is 2.63. The second-order valence-electron chi connectivity index (χ2n) is 5.49. The van der Waals surface area contributed by atoms with Crippen LogP contribution in [-0.2, 0) is 6.54 Å². The molecule has 0 fully saturated rings. The molecule has 2 N–H and O–H groups in total. The van der Waals surface area contributed by atoms with E-state index in [-0.39, 0.29) is 16.4 Å². The van der Waals surface area contributed by atoms with Crippen LogP contribution in [0, 0.1) is 11.8 Å². The van der Waals surface area contributed by atoms with Gasteiger partial charge in [-0.2, -0.15) is 4.39 Å². The van der Waals surface area contributed by atoms with Crippen molar-refractivity contribution in [3.05, 3.63) is 88.6 Å². The summed E-state index contributed by atoms with van der Waals surface area (Å²) >= 11 is 5.69. The maximum Gasteiger partial charge on any atom is 0.255 e. The fourth-order valence-corrected chi connectivity index (χ4v) is 2.46. The molecule has 2 aromatic carbocycles. The molecule has 132 valence electrons. The molecule has 0 bridgehead atoms. The first-order valence-corrected chi connectivity index (χ1v) is 8.11. The Labute approximate surface area is 153 Å². The maximum absolute atomic E-state index is 13.8. The average molecular weight is 374 g/mol. The number of carbonyl (C=O) groups is 1. The van der Waals surface area contributed by atoms with Crippen LogP contribution in [0.15, 0.2) is 60.7 Å². The highest BCUT2D eigenvalue weighted by Gasteiger charge is 2.11. The molecule has 0 unspecified atom stereocenters. The van der Waals surface area contributed by atoms with Gasteiger partial charge in [0.1, 0.15) is 11.6 Å². The van der Waals surface area contributed by atoms with E-state index in [1.807, 2.05) is 30.3 Å². The van der Waals surface area contributed by atoms with Gasteiger partial charge in [-0.15, -0.1) is 0 Å². The van der Waals surface area contributed by atoms with Crippen molar-refractivity contribution in [3.63, 3.8) is 0 Å². The number of nitrogens with zero attached hydrogens (tertiary/aromatic N) is 1. The van der Waals surface area contributed by atoms with Gasteiger partial charge in [0.15, 0.2) is 0 Å². The van der Waals surface area contributed by atoms with Crippen molar-refractivity contribution >= 4 is 29.0 Å². The van der Waals surface area contributed by atoms with E-state index < -0.39 is 17.7 Å². The van der Waals surface area contributed by atoms with E-state index in [0.29, 0.717) is 12.2 Å². The monoisotopic (exact) mass is 373 g/mol. The summed E-state index contributed by atoms with van der Waals surface area (Å²) in [6.45, 7) is 0.436. The smallest absolute Gasteiger partial charge is 0.255 e. The molecule has 3 rings (SSSR count). The Bertz CT molecular complexity index is 935. The Morgan fingerprint density at radius 1 is 1.04 bits per heavy atom. The van der Waals surface area contributed by atoms with E-state index in [2.05, 4.69) is 15.6 Å². The predicted octanol–water partition coefficient (Wildman–Crippen LogP) is 4.88. The van der Waals surface area contributed by atoms with Crippen LogP contribution in [0.25, 0.3) is 0 Å². The Morgan fingerprint density at radius 3 is 2.54 bits per heavy atom. The van der Waals surface area contributed by atoms with Crippen LogP contribution < -0.4 is 10.6 Å². The summed E-state index contributed by atoms with van der Waals surface area (Å²) in [7, 11) is 0. The summed E-state index contributed by atoms with van der Waals surface area (Å²) in [4.78, 5) is 16.1. The SMILES string of the molecule is O=C(Nc1ccc(F)c(Cl)c1)c1cc(F)nc(NCc2ccccc2)c1. The molecule has 0 aliphatic heterocycles. The summed E-state index contributed by atoms with van der Waals surface area (Å²) in [5.41, 5.74) is 1.37. The van der Waals surface area contributed by atoms with Gasteiger partial charge in [0, 0.05) is 23.9 Å². The molecule has 4 nitrogen and oxygen atoms in total. The van der Waals surface area contributed by atoms with Gasteiger partial charge < -0.3 is 10.6 Å². The van der Waals surface area contributed by atoms with Gasteiger partial charge >= 0.3 is 0 Å². The molecule has 0 atom stereocenters. The number of aromatic nitrogens is 1. The number of nitrogens with one attached hydrogen (secondary N) is 2. The number of amides is 1. The second-order valence-corrected chi connectivity index (χ2v) is 5.89. The van der Waals surface area contributed by atoms with E-state index >= 15 is 0 Å². The van der Waals surface area contributed by atoms with E-state index in [0.717, 1.165) is 17.7 Å². The van der Waals surface area contributed by atoms with Gasteiger partial charge in [-0.25, -0.2) is 9.37 Å². The first kappa shape index (κ1) is 17.8. The molecule has 0 spiro atoms. The second kappa shape index (κ2) is 7.93. The van der Waals surface area contributed by atoms with Crippen LogP contribution in [0.3, 0.4) is 0 Å². The molecule has 7 heteroatoms. The lowest BCUT2D eigenvalue weighted by atomic mass is 10.2. The van der Waals surface area contributed by atoms with Crippen LogP contribution in [-0.4, -0.2) is 10.9 Å². The van der Waals surface area contributed by atoms with Crippen molar-refractivity contribution in [2.24, 2.45) is 0 Å². The lowest BCUT2D eigenvalue weighted by Gasteiger charge is -2.09. The first-order chi connectivity index (χ1) is 12.5. The highest BCUT2D eigenvalue weighted by atomic mass is 35.5. The van der Waals surface area contributed by atoms with E-state index in [1.165, 1.54) is 18.2 Å². The van der Waals surface area contributed by atoms with E-state index in [9.17, 15) is 13.6 Å².